The Bertz CT molecular complexity index is 476. The lowest BCUT2D eigenvalue weighted by Crippen LogP contribution is -2.32. The maximum absolute atomic E-state index is 11.9. The number of aromatic nitrogens is 2. The van der Waals surface area contributed by atoms with Gasteiger partial charge < -0.3 is 5.73 Å². The van der Waals surface area contributed by atoms with Gasteiger partial charge in [0.1, 0.15) is 4.90 Å². The summed E-state index contributed by atoms with van der Waals surface area (Å²) in [5.41, 5.74) is 5.53. The third kappa shape index (κ3) is 2.19. The molecule has 1 saturated carbocycles. The summed E-state index contributed by atoms with van der Waals surface area (Å²) < 4.78 is 27.7. The summed E-state index contributed by atoms with van der Waals surface area (Å²) in [6.07, 6.45) is 4.82. The predicted molar refractivity (Wildman–Crippen MR) is 60.1 cm³/mol. The van der Waals surface area contributed by atoms with Crippen LogP contribution in [0.3, 0.4) is 0 Å². The monoisotopic (exact) mass is 244 g/mol. The molecule has 0 bridgehead atoms. The van der Waals surface area contributed by atoms with Crippen molar-refractivity contribution in [3.63, 3.8) is 0 Å². The highest BCUT2D eigenvalue weighted by Gasteiger charge is 2.24. The summed E-state index contributed by atoms with van der Waals surface area (Å²) in [4.78, 5) is 0.0642. The lowest BCUT2D eigenvalue weighted by molar-refractivity contribution is 0.316. The van der Waals surface area contributed by atoms with Gasteiger partial charge in [-0.3, -0.25) is 4.68 Å². The van der Waals surface area contributed by atoms with Crippen LogP contribution in [0, 0.1) is 5.92 Å². The molecule has 90 valence electrons. The zero-order chi connectivity index (χ0) is 11.8. The minimum Gasteiger partial charge on any atom is -0.381 e. The molecule has 1 heterocycles. The standard InChI is InChI=1S/C9H16N4O2S/c1-13-6-8(9(10)12-13)16(14,15)11-5-7-3-2-4-7/h6-7,11H,2-5H2,1H3,(H2,10,12). The highest BCUT2D eigenvalue weighted by molar-refractivity contribution is 7.89. The molecule has 6 nitrogen and oxygen atoms in total. The number of aryl methyl sites for hydroxylation is 1. The maximum atomic E-state index is 11.9. The summed E-state index contributed by atoms with van der Waals surface area (Å²) >= 11 is 0. The Balaban J connectivity index is 2.08. The Hall–Kier alpha value is -1.08. The second-order valence-corrected chi connectivity index (χ2v) is 5.94. The van der Waals surface area contributed by atoms with Gasteiger partial charge in [0.05, 0.1) is 0 Å². The summed E-state index contributed by atoms with van der Waals surface area (Å²) in [6.45, 7) is 0.497. The van der Waals surface area contributed by atoms with E-state index in [2.05, 4.69) is 9.82 Å². The van der Waals surface area contributed by atoms with Gasteiger partial charge in [0, 0.05) is 19.8 Å². The molecule has 1 aliphatic carbocycles. The minimum atomic E-state index is -3.50. The molecule has 0 unspecified atom stereocenters. The van der Waals surface area contributed by atoms with Gasteiger partial charge in [-0.2, -0.15) is 5.10 Å². The van der Waals surface area contributed by atoms with Crippen LogP contribution in [-0.4, -0.2) is 24.7 Å². The second kappa shape index (κ2) is 4.06. The average Bonchev–Trinajstić information content (AvgIpc) is 2.43. The number of rotatable bonds is 4. The quantitative estimate of drug-likeness (QED) is 0.785. The number of hydrogen-bond donors (Lipinski definition) is 2. The predicted octanol–water partition coefficient (Wildman–Crippen LogP) is 0.0807. The number of nitrogen functional groups attached to an aromatic ring is 1. The highest BCUT2D eigenvalue weighted by Crippen LogP contribution is 2.26. The molecular weight excluding hydrogens is 228 g/mol. The molecule has 3 N–H and O–H groups in total. The average molecular weight is 244 g/mol. The van der Waals surface area contributed by atoms with E-state index in [4.69, 9.17) is 5.73 Å². The molecule has 1 aromatic heterocycles. The van der Waals surface area contributed by atoms with Gasteiger partial charge in [-0.25, -0.2) is 13.1 Å². The molecule has 16 heavy (non-hydrogen) atoms. The van der Waals surface area contributed by atoms with Crippen LogP contribution in [0.15, 0.2) is 11.1 Å². The van der Waals surface area contributed by atoms with Crippen LogP contribution in [0.2, 0.25) is 0 Å². The van der Waals surface area contributed by atoms with E-state index >= 15 is 0 Å². The van der Waals surface area contributed by atoms with Gasteiger partial charge in [-0.05, 0) is 18.8 Å². The third-order valence-electron chi connectivity index (χ3n) is 2.90. The molecular formula is C9H16N4O2S. The number of nitrogens with one attached hydrogen (secondary N) is 1. The minimum absolute atomic E-state index is 0.0450. The first kappa shape index (κ1) is 11.4. The molecule has 0 spiro atoms. The molecule has 0 aliphatic heterocycles. The number of hydrogen-bond acceptors (Lipinski definition) is 4. The number of sulfonamides is 1. The van der Waals surface area contributed by atoms with E-state index < -0.39 is 10.0 Å². The summed E-state index contributed by atoms with van der Waals surface area (Å²) in [7, 11) is -1.86. The lowest BCUT2D eigenvalue weighted by Gasteiger charge is -2.25. The third-order valence-corrected chi connectivity index (χ3v) is 4.34. The Morgan fingerprint density at radius 3 is 2.75 bits per heavy atom. The van der Waals surface area contributed by atoms with Gasteiger partial charge in [0.25, 0.3) is 0 Å². The molecule has 2 rings (SSSR count). The zero-order valence-corrected chi connectivity index (χ0v) is 10.00. The van der Waals surface area contributed by atoms with Gasteiger partial charge in [-0.15, -0.1) is 0 Å². The Morgan fingerprint density at radius 2 is 2.31 bits per heavy atom. The van der Waals surface area contributed by atoms with E-state index in [0.29, 0.717) is 12.5 Å². The van der Waals surface area contributed by atoms with Crippen LogP contribution in [0.1, 0.15) is 19.3 Å². The molecule has 0 atom stereocenters. The molecule has 0 aromatic carbocycles. The largest absolute Gasteiger partial charge is 0.381 e. The van der Waals surface area contributed by atoms with E-state index in [0.717, 1.165) is 12.8 Å². The van der Waals surface area contributed by atoms with E-state index in [1.165, 1.54) is 17.3 Å². The fourth-order valence-electron chi connectivity index (χ4n) is 1.69. The van der Waals surface area contributed by atoms with Crippen LogP contribution in [0.4, 0.5) is 5.82 Å². The van der Waals surface area contributed by atoms with Gasteiger partial charge >= 0.3 is 0 Å². The fourth-order valence-corrected chi connectivity index (χ4v) is 2.91. The Morgan fingerprint density at radius 1 is 1.62 bits per heavy atom. The number of nitrogens with two attached hydrogens (primary N) is 1. The summed E-state index contributed by atoms with van der Waals surface area (Å²) in [5.74, 6) is 0.524. The van der Waals surface area contributed by atoms with Crippen molar-refractivity contribution in [3.8, 4) is 0 Å². The fraction of sp³-hybridized carbons (Fsp3) is 0.667. The van der Waals surface area contributed by atoms with Crippen molar-refractivity contribution < 1.29 is 8.42 Å². The first-order chi connectivity index (χ1) is 7.49. The van der Waals surface area contributed by atoms with Crippen molar-refractivity contribution >= 4 is 15.8 Å². The highest BCUT2D eigenvalue weighted by atomic mass is 32.2. The Kier molecular flexibility index (Phi) is 2.90. The maximum Gasteiger partial charge on any atom is 0.245 e. The molecule has 1 aromatic rings. The van der Waals surface area contributed by atoms with Crippen LogP contribution in [0.25, 0.3) is 0 Å². The summed E-state index contributed by atoms with van der Waals surface area (Å²) in [6, 6.07) is 0. The SMILES string of the molecule is Cn1cc(S(=O)(=O)NCC2CCC2)c(N)n1. The van der Waals surface area contributed by atoms with Crippen molar-refractivity contribution in [2.24, 2.45) is 13.0 Å². The topological polar surface area (TPSA) is 90.0 Å². The van der Waals surface area contributed by atoms with Crippen molar-refractivity contribution in [1.82, 2.24) is 14.5 Å². The molecule has 0 saturated heterocycles. The van der Waals surface area contributed by atoms with Crippen LogP contribution in [0.5, 0.6) is 0 Å². The first-order valence-electron chi connectivity index (χ1n) is 5.28. The van der Waals surface area contributed by atoms with Gasteiger partial charge in [0.15, 0.2) is 5.82 Å². The van der Waals surface area contributed by atoms with Crippen molar-refractivity contribution in [2.45, 2.75) is 24.2 Å². The van der Waals surface area contributed by atoms with Crippen molar-refractivity contribution in [2.75, 3.05) is 12.3 Å². The smallest absolute Gasteiger partial charge is 0.245 e. The normalized spacial score (nSPS) is 17.3. The van der Waals surface area contributed by atoms with Crippen molar-refractivity contribution in [1.29, 1.82) is 0 Å². The molecule has 7 heteroatoms. The van der Waals surface area contributed by atoms with Crippen molar-refractivity contribution in [3.05, 3.63) is 6.20 Å². The Labute approximate surface area is 94.9 Å². The van der Waals surface area contributed by atoms with Gasteiger partial charge in [0.2, 0.25) is 10.0 Å². The van der Waals surface area contributed by atoms with E-state index in [1.54, 1.807) is 7.05 Å². The number of nitrogens with zero attached hydrogens (tertiary/aromatic N) is 2. The number of anilines is 1. The van der Waals surface area contributed by atoms with Gasteiger partial charge in [-0.1, -0.05) is 6.42 Å². The molecule has 0 amide bonds. The van der Waals surface area contributed by atoms with E-state index in [1.807, 2.05) is 0 Å². The second-order valence-electron chi connectivity index (χ2n) is 4.20. The lowest BCUT2D eigenvalue weighted by atomic mass is 9.86. The zero-order valence-electron chi connectivity index (χ0n) is 9.18. The van der Waals surface area contributed by atoms with E-state index in [-0.39, 0.29) is 10.7 Å². The molecule has 1 aliphatic rings. The molecule has 0 radical (unpaired) electrons. The van der Waals surface area contributed by atoms with E-state index in [9.17, 15) is 8.42 Å². The molecule has 1 fully saturated rings. The summed E-state index contributed by atoms with van der Waals surface area (Å²) in [5, 5.41) is 3.81. The van der Waals surface area contributed by atoms with Crippen LogP contribution >= 0.6 is 0 Å². The van der Waals surface area contributed by atoms with Crippen LogP contribution < -0.4 is 10.5 Å². The van der Waals surface area contributed by atoms with Crippen LogP contribution in [-0.2, 0) is 17.1 Å². The first-order valence-corrected chi connectivity index (χ1v) is 6.76.